The van der Waals surface area contributed by atoms with Gasteiger partial charge in [-0.3, -0.25) is 0 Å². The molecular weight excluding hydrogens is 274 g/mol. The van der Waals surface area contributed by atoms with E-state index in [1.807, 2.05) is 11.3 Å². The zero-order chi connectivity index (χ0) is 15.0. The summed E-state index contributed by atoms with van der Waals surface area (Å²) in [5.74, 6) is 0.933. The van der Waals surface area contributed by atoms with Gasteiger partial charge in [0.2, 0.25) is 0 Å². The van der Waals surface area contributed by atoms with Crippen LogP contribution in [-0.2, 0) is 0 Å². The maximum atomic E-state index is 6.93. The molecule has 0 spiro atoms. The predicted octanol–water partition coefficient (Wildman–Crippen LogP) is 5.36. The van der Waals surface area contributed by atoms with Gasteiger partial charge in [0.15, 0.2) is 0 Å². The van der Waals surface area contributed by atoms with E-state index in [0.29, 0.717) is 16.2 Å². The smallest absolute Gasteiger partial charge is 0.0363 e. The zero-order valence-corrected chi connectivity index (χ0v) is 14.8. The molecule has 3 atom stereocenters. The quantitative estimate of drug-likeness (QED) is 0.782. The summed E-state index contributed by atoms with van der Waals surface area (Å²) in [4.78, 5) is 2.87. The molecule has 116 valence electrons. The second kappa shape index (κ2) is 4.14. The van der Waals surface area contributed by atoms with Crippen LogP contribution >= 0.6 is 11.3 Å². The Morgan fingerprint density at radius 2 is 1.71 bits per heavy atom. The van der Waals surface area contributed by atoms with Crippen LogP contribution in [0.1, 0.15) is 73.7 Å². The fourth-order valence-corrected chi connectivity index (χ4v) is 8.14. The molecule has 1 heterocycles. The van der Waals surface area contributed by atoms with Crippen molar-refractivity contribution in [1.29, 1.82) is 0 Å². The summed E-state index contributed by atoms with van der Waals surface area (Å²) in [5.41, 5.74) is 9.88. The SMILES string of the molecule is Cc1cc(C(N)C23CC4CC(C)(CC(C)(C4)C2)C3)c(C)s1. The third kappa shape index (κ3) is 2.05. The Kier molecular flexibility index (Phi) is 2.81. The van der Waals surface area contributed by atoms with E-state index in [9.17, 15) is 0 Å². The van der Waals surface area contributed by atoms with Crippen molar-refractivity contribution in [3.05, 3.63) is 21.4 Å². The molecule has 4 bridgehead atoms. The Balaban J connectivity index is 1.75. The Labute approximate surface area is 133 Å². The van der Waals surface area contributed by atoms with Gasteiger partial charge in [0.05, 0.1) is 0 Å². The van der Waals surface area contributed by atoms with Crippen molar-refractivity contribution < 1.29 is 0 Å². The van der Waals surface area contributed by atoms with Crippen LogP contribution in [0.15, 0.2) is 6.07 Å². The highest BCUT2D eigenvalue weighted by atomic mass is 32.1. The van der Waals surface area contributed by atoms with Crippen molar-refractivity contribution in [3.8, 4) is 0 Å². The topological polar surface area (TPSA) is 26.0 Å². The minimum atomic E-state index is 0.254. The number of rotatable bonds is 2. The zero-order valence-electron chi connectivity index (χ0n) is 14.0. The third-order valence-corrected chi connectivity index (χ3v) is 7.73. The average molecular weight is 304 g/mol. The molecule has 4 fully saturated rings. The van der Waals surface area contributed by atoms with Crippen LogP contribution in [0.4, 0.5) is 0 Å². The molecule has 0 saturated heterocycles. The van der Waals surface area contributed by atoms with Crippen LogP contribution in [0.25, 0.3) is 0 Å². The molecular formula is C19H29NS. The molecule has 0 aliphatic heterocycles. The predicted molar refractivity (Wildman–Crippen MR) is 90.6 cm³/mol. The Morgan fingerprint density at radius 3 is 2.19 bits per heavy atom. The van der Waals surface area contributed by atoms with Crippen LogP contribution in [0, 0.1) is 36.0 Å². The molecule has 4 saturated carbocycles. The lowest BCUT2D eigenvalue weighted by atomic mass is 9.39. The molecule has 0 aromatic carbocycles. The van der Waals surface area contributed by atoms with E-state index in [1.54, 1.807) is 0 Å². The fraction of sp³-hybridized carbons (Fsp3) is 0.789. The molecule has 2 heteroatoms. The van der Waals surface area contributed by atoms with Gasteiger partial charge in [-0.25, -0.2) is 0 Å². The normalized spacial score (nSPS) is 46.0. The summed E-state index contributed by atoms with van der Waals surface area (Å²) in [6.45, 7) is 9.57. The summed E-state index contributed by atoms with van der Waals surface area (Å²) in [7, 11) is 0. The number of thiophene rings is 1. The molecule has 1 aromatic rings. The van der Waals surface area contributed by atoms with Crippen LogP contribution in [0.3, 0.4) is 0 Å². The van der Waals surface area contributed by atoms with Crippen molar-refractivity contribution in [3.63, 3.8) is 0 Å². The first kappa shape index (κ1) is 14.3. The lowest BCUT2D eigenvalue weighted by Crippen LogP contribution is -2.58. The van der Waals surface area contributed by atoms with Crippen molar-refractivity contribution in [2.75, 3.05) is 0 Å². The van der Waals surface area contributed by atoms with E-state index in [1.165, 1.54) is 53.8 Å². The first-order valence-electron chi connectivity index (χ1n) is 8.55. The van der Waals surface area contributed by atoms with Gasteiger partial charge in [-0.1, -0.05) is 13.8 Å². The molecule has 21 heavy (non-hydrogen) atoms. The lowest BCUT2D eigenvalue weighted by Gasteiger charge is -2.67. The van der Waals surface area contributed by atoms with Crippen molar-refractivity contribution in [2.45, 2.75) is 72.3 Å². The minimum absolute atomic E-state index is 0.254. The molecule has 1 aromatic heterocycles. The Morgan fingerprint density at radius 1 is 1.10 bits per heavy atom. The van der Waals surface area contributed by atoms with Crippen LogP contribution in [0.2, 0.25) is 0 Å². The molecule has 1 nitrogen and oxygen atoms in total. The highest BCUT2D eigenvalue weighted by Crippen LogP contribution is 2.72. The molecule has 4 aliphatic carbocycles. The number of hydrogen-bond acceptors (Lipinski definition) is 2. The number of aryl methyl sites for hydroxylation is 2. The molecule has 3 unspecified atom stereocenters. The summed E-state index contributed by atoms with van der Waals surface area (Å²) in [6, 6.07) is 2.62. The third-order valence-electron chi connectivity index (χ3n) is 6.74. The molecule has 2 N–H and O–H groups in total. The van der Waals surface area contributed by atoms with Crippen molar-refractivity contribution in [2.24, 2.45) is 27.9 Å². The second-order valence-electron chi connectivity index (χ2n) is 9.34. The summed E-state index contributed by atoms with van der Waals surface area (Å²) in [6.07, 6.45) is 8.46. The number of nitrogens with two attached hydrogens (primary N) is 1. The molecule has 0 radical (unpaired) electrons. The Bertz CT molecular complexity index is 568. The van der Waals surface area contributed by atoms with E-state index in [-0.39, 0.29) is 6.04 Å². The first-order valence-corrected chi connectivity index (χ1v) is 9.37. The van der Waals surface area contributed by atoms with Gasteiger partial charge in [0.1, 0.15) is 0 Å². The standard InChI is InChI=1S/C19H29NS/c1-12-5-15(13(2)21-12)16(20)19-8-14-6-17(3,10-19)9-18(4,7-14)11-19/h5,14,16H,6-11,20H2,1-4H3. The second-order valence-corrected chi connectivity index (χ2v) is 10.8. The highest BCUT2D eigenvalue weighted by molar-refractivity contribution is 7.12. The van der Waals surface area contributed by atoms with Gasteiger partial charge < -0.3 is 5.73 Å². The summed E-state index contributed by atoms with van der Waals surface area (Å²) in [5, 5.41) is 0. The summed E-state index contributed by atoms with van der Waals surface area (Å²) < 4.78 is 0. The number of hydrogen-bond donors (Lipinski definition) is 1. The first-order chi connectivity index (χ1) is 9.73. The maximum Gasteiger partial charge on any atom is 0.0363 e. The molecule has 0 amide bonds. The van der Waals surface area contributed by atoms with E-state index >= 15 is 0 Å². The van der Waals surface area contributed by atoms with Crippen molar-refractivity contribution in [1.82, 2.24) is 0 Å². The summed E-state index contributed by atoms with van der Waals surface area (Å²) >= 11 is 1.92. The highest BCUT2D eigenvalue weighted by Gasteiger charge is 2.61. The van der Waals surface area contributed by atoms with Gasteiger partial charge in [-0.05, 0) is 86.2 Å². The van der Waals surface area contributed by atoms with E-state index < -0.39 is 0 Å². The monoisotopic (exact) mass is 303 g/mol. The van der Waals surface area contributed by atoms with Gasteiger partial charge in [0, 0.05) is 15.8 Å². The van der Waals surface area contributed by atoms with Crippen LogP contribution < -0.4 is 5.73 Å². The lowest BCUT2D eigenvalue weighted by molar-refractivity contribution is -0.154. The van der Waals surface area contributed by atoms with Crippen LogP contribution in [0.5, 0.6) is 0 Å². The van der Waals surface area contributed by atoms with Crippen molar-refractivity contribution >= 4 is 11.3 Å². The average Bonchev–Trinajstić information content (AvgIpc) is 2.62. The van der Waals surface area contributed by atoms with Gasteiger partial charge in [0.25, 0.3) is 0 Å². The Hall–Kier alpha value is -0.340. The largest absolute Gasteiger partial charge is 0.323 e. The fourth-order valence-electron chi connectivity index (χ4n) is 7.17. The van der Waals surface area contributed by atoms with Gasteiger partial charge in [-0.15, -0.1) is 11.3 Å². The maximum absolute atomic E-state index is 6.93. The van der Waals surface area contributed by atoms with E-state index in [4.69, 9.17) is 5.73 Å². The molecule has 5 rings (SSSR count). The molecule has 4 aliphatic rings. The van der Waals surface area contributed by atoms with Gasteiger partial charge in [-0.2, -0.15) is 0 Å². The minimum Gasteiger partial charge on any atom is -0.323 e. The van der Waals surface area contributed by atoms with Crippen LogP contribution in [-0.4, -0.2) is 0 Å². The van der Waals surface area contributed by atoms with E-state index in [2.05, 4.69) is 33.8 Å². The van der Waals surface area contributed by atoms with E-state index in [0.717, 1.165) is 5.92 Å². The van der Waals surface area contributed by atoms with Gasteiger partial charge >= 0.3 is 0 Å².